The standard InChI is InChI=1S/C21H17N3OS/c1-16-12-13-17(14-22)21(23-16)26-15-20(25)24(18-8-4-2-5-9-18)19-10-6-3-7-11-19/h2-13H,15H2,1H3. The van der Waals surface area contributed by atoms with Gasteiger partial charge >= 0.3 is 0 Å². The Morgan fingerprint density at radius 2 is 1.58 bits per heavy atom. The van der Waals surface area contributed by atoms with Gasteiger partial charge in [-0.25, -0.2) is 4.98 Å². The second kappa shape index (κ2) is 8.32. The van der Waals surface area contributed by atoms with Gasteiger partial charge in [0.2, 0.25) is 5.91 Å². The van der Waals surface area contributed by atoms with E-state index < -0.39 is 0 Å². The summed E-state index contributed by atoms with van der Waals surface area (Å²) < 4.78 is 0. The molecule has 1 aromatic heterocycles. The second-order valence-corrected chi connectivity index (χ2v) is 6.57. The van der Waals surface area contributed by atoms with Gasteiger partial charge in [-0.2, -0.15) is 5.26 Å². The highest BCUT2D eigenvalue weighted by atomic mass is 32.2. The molecule has 0 aliphatic rings. The third-order valence-corrected chi connectivity index (χ3v) is 4.71. The van der Waals surface area contributed by atoms with Gasteiger partial charge < -0.3 is 0 Å². The summed E-state index contributed by atoms with van der Waals surface area (Å²) in [6.07, 6.45) is 0. The molecule has 5 heteroatoms. The molecule has 3 rings (SSSR count). The summed E-state index contributed by atoms with van der Waals surface area (Å²) in [4.78, 5) is 19.1. The van der Waals surface area contributed by atoms with Crippen LogP contribution in [0.5, 0.6) is 0 Å². The molecule has 0 radical (unpaired) electrons. The number of pyridine rings is 1. The predicted molar refractivity (Wildman–Crippen MR) is 104 cm³/mol. The molecule has 4 nitrogen and oxygen atoms in total. The lowest BCUT2D eigenvalue weighted by Gasteiger charge is -2.23. The fraction of sp³-hybridized carbons (Fsp3) is 0.0952. The minimum Gasteiger partial charge on any atom is -0.280 e. The van der Waals surface area contributed by atoms with Crippen LogP contribution in [0, 0.1) is 18.3 Å². The third-order valence-electron chi connectivity index (χ3n) is 3.73. The summed E-state index contributed by atoms with van der Waals surface area (Å²) in [5, 5.41) is 9.83. The van der Waals surface area contributed by atoms with Crippen molar-refractivity contribution in [3.8, 4) is 6.07 Å². The molecular formula is C21H17N3OS. The summed E-state index contributed by atoms with van der Waals surface area (Å²) in [5.74, 6) is 0.120. The van der Waals surface area contributed by atoms with E-state index in [-0.39, 0.29) is 11.7 Å². The van der Waals surface area contributed by atoms with Crippen molar-refractivity contribution in [3.05, 3.63) is 84.1 Å². The Hall–Kier alpha value is -3.10. The molecule has 2 aromatic carbocycles. The van der Waals surface area contributed by atoms with Crippen LogP contribution >= 0.6 is 11.8 Å². The van der Waals surface area contributed by atoms with Gasteiger partial charge in [0.25, 0.3) is 0 Å². The van der Waals surface area contributed by atoms with Gasteiger partial charge in [0, 0.05) is 17.1 Å². The van der Waals surface area contributed by atoms with E-state index in [1.807, 2.05) is 67.6 Å². The van der Waals surface area contributed by atoms with Crippen LogP contribution in [-0.4, -0.2) is 16.6 Å². The zero-order valence-corrected chi connectivity index (χ0v) is 15.1. The number of nitriles is 1. The minimum absolute atomic E-state index is 0.0698. The van der Waals surface area contributed by atoms with E-state index in [0.717, 1.165) is 17.1 Å². The Morgan fingerprint density at radius 3 is 2.12 bits per heavy atom. The number of carbonyl (C=O) groups is 1. The summed E-state index contributed by atoms with van der Waals surface area (Å²) in [7, 11) is 0. The van der Waals surface area contributed by atoms with Gasteiger partial charge in [0.1, 0.15) is 11.1 Å². The number of carbonyl (C=O) groups excluding carboxylic acids is 1. The number of benzene rings is 2. The number of hydrogen-bond acceptors (Lipinski definition) is 4. The topological polar surface area (TPSA) is 57.0 Å². The Morgan fingerprint density at radius 1 is 1.00 bits per heavy atom. The Balaban J connectivity index is 1.86. The molecule has 128 valence electrons. The molecule has 3 aromatic rings. The Bertz CT molecular complexity index is 897. The fourth-order valence-corrected chi connectivity index (χ4v) is 3.38. The smallest absolute Gasteiger partial charge is 0.241 e. The number of hydrogen-bond donors (Lipinski definition) is 0. The molecule has 0 fully saturated rings. The Kier molecular flexibility index (Phi) is 5.67. The second-order valence-electron chi connectivity index (χ2n) is 5.61. The number of para-hydroxylation sites is 2. The SMILES string of the molecule is Cc1ccc(C#N)c(SCC(=O)N(c2ccccc2)c2ccccc2)n1. The molecule has 26 heavy (non-hydrogen) atoms. The quantitative estimate of drug-likeness (QED) is 0.619. The molecule has 0 N–H and O–H groups in total. The molecule has 0 unspecified atom stereocenters. The maximum atomic E-state index is 13.0. The van der Waals surface area contributed by atoms with Gasteiger partial charge in [-0.3, -0.25) is 9.69 Å². The van der Waals surface area contributed by atoms with Gasteiger partial charge in [0.15, 0.2) is 0 Å². The average molecular weight is 359 g/mol. The van der Waals surface area contributed by atoms with Crippen LogP contribution in [0.4, 0.5) is 11.4 Å². The van der Waals surface area contributed by atoms with E-state index in [1.54, 1.807) is 17.0 Å². The van der Waals surface area contributed by atoms with E-state index in [1.165, 1.54) is 11.8 Å². The minimum atomic E-state index is -0.0698. The van der Waals surface area contributed by atoms with Crippen LogP contribution in [0.2, 0.25) is 0 Å². The zero-order valence-electron chi connectivity index (χ0n) is 14.3. The van der Waals surface area contributed by atoms with E-state index in [2.05, 4.69) is 11.1 Å². The summed E-state index contributed by atoms with van der Waals surface area (Å²) in [6, 6.07) is 24.7. The number of aryl methyl sites for hydroxylation is 1. The molecule has 0 saturated carbocycles. The van der Waals surface area contributed by atoms with Crippen molar-refractivity contribution in [3.63, 3.8) is 0 Å². The van der Waals surface area contributed by atoms with E-state index in [4.69, 9.17) is 0 Å². The maximum Gasteiger partial charge on any atom is 0.241 e. The lowest BCUT2D eigenvalue weighted by Crippen LogP contribution is -2.27. The Labute approximate surface area is 157 Å². The van der Waals surface area contributed by atoms with Crippen molar-refractivity contribution >= 4 is 29.0 Å². The molecule has 0 aliphatic carbocycles. The van der Waals surface area contributed by atoms with Crippen LogP contribution < -0.4 is 4.90 Å². The summed E-state index contributed by atoms with van der Waals surface area (Å²) >= 11 is 1.29. The van der Waals surface area contributed by atoms with Crippen molar-refractivity contribution in [2.24, 2.45) is 0 Å². The van der Waals surface area contributed by atoms with Gasteiger partial charge in [-0.05, 0) is 43.3 Å². The van der Waals surface area contributed by atoms with Crippen molar-refractivity contribution in [2.45, 2.75) is 11.9 Å². The lowest BCUT2D eigenvalue weighted by atomic mass is 10.2. The number of anilines is 2. The van der Waals surface area contributed by atoms with Crippen molar-refractivity contribution in [1.29, 1.82) is 5.26 Å². The number of aromatic nitrogens is 1. The molecule has 0 spiro atoms. The van der Waals surface area contributed by atoms with E-state index in [0.29, 0.717) is 10.6 Å². The third kappa shape index (κ3) is 4.11. The normalized spacial score (nSPS) is 10.2. The summed E-state index contributed by atoms with van der Waals surface area (Å²) in [6.45, 7) is 1.87. The first-order chi connectivity index (χ1) is 12.7. The number of rotatable bonds is 5. The maximum absolute atomic E-state index is 13.0. The highest BCUT2D eigenvalue weighted by Gasteiger charge is 2.19. The molecular weight excluding hydrogens is 342 g/mol. The van der Waals surface area contributed by atoms with Crippen LogP contribution in [0.3, 0.4) is 0 Å². The molecule has 0 bridgehead atoms. The van der Waals surface area contributed by atoms with E-state index in [9.17, 15) is 10.1 Å². The van der Waals surface area contributed by atoms with Gasteiger partial charge in [0.05, 0.1) is 11.3 Å². The monoisotopic (exact) mass is 359 g/mol. The number of thioether (sulfide) groups is 1. The molecule has 1 heterocycles. The van der Waals surface area contributed by atoms with Gasteiger partial charge in [-0.15, -0.1) is 0 Å². The average Bonchev–Trinajstić information content (AvgIpc) is 2.68. The molecule has 0 aliphatic heterocycles. The zero-order chi connectivity index (χ0) is 18.4. The van der Waals surface area contributed by atoms with Crippen LogP contribution in [0.15, 0.2) is 77.8 Å². The van der Waals surface area contributed by atoms with Crippen LogP contribution in [0.1, 0.15) is 11.3 Å². The highest BCUT2D eigenvalue weighted by Crippen LogP contribution is 2.28. The van der Waals surface area contributed by atoms with E-state index >= 15 is 0 Å². The fourth-order valence-electron chi connectivity index (χ4n) is 2.51. The van der Waals surface area contributed by atoms with Crippen molar-refractivity contribution < 1.29 is 4.79 Å². The first kappa shape index (κ1) is 17.7. The molecule has 0 atom stereocenters. The largest absolute Gasteiger partial charge is 0.280 e. The predicted octanol–water partition coefficient (Wildman–Crippen LogP) is 4.72. The number of nitrogens with zero attached hydrogens (tertiary/aromatic N) is 3. The highest BCUT2D eigenvalue weighted by molar-refractivity contribution is 8.00. The van der Waals surface area contributed by atoms with Crippen molar-refractivity contribution in [2.75, 3.05) is 10.7 Å². The first-order valence-electron chi connectivity index (χ1n) is 8.12. The first-order valence-corrected chi connectivity index (χ1v) is 9.11. The van der Waals surface area contributed by atoms with Crippen LogP contribution in [-0.2, 0) is 4.79 Å². The number of amides is 1. The lowest BCUT2D eigenvalue weighted by molar-refractivity contribution is -0.115. The molecule has 0 saturated heterocycles. The van der Waals surface area contributed by atoms with Crippen molar-refractivity contribution in [1.82, 2.24) is 4.98 Å². The van der Waals surface area contributed by atoms with Crippen LogP contribution in [0.25, 0.3) is 0 Å². The summed E-state index contributed by atoms with van der Waals surface area (Å²) in [5.41, 5.74) is 2.92. The van der Waals surface area contributed by atoms with Gasteiger partial charge in [-0.1, -0.05) is 48.2 Å². The molecule has 1 amide bonds.